The first-order chi connectivity index (χ1) is 12.7. The Balaban J connectivity index is 1.75. The number of nitrogens with zero attached hydrogens (tertiary/aromatic N) is 2. The van der Waals surface area contributed by atoms with Crippen LogP contribution in [-0.4, -0.2) is 42.9 Å². The number of anilines is 1. The Labute approximate surface area is 160 Å². The standard InChI is InChI=1S/C21H24N2O3S/c1-14-8-15(2)10-18(9-14)23-20-13-27(25,26)12-19(20)22(21(23)24)11-17-7-5-4-6-16(17)3/h4-10,19-20H,11-13H2,1-3H3/t19-,20-/m1/s1. The summed E-state index contributed by atoms with van der Waals surface area (Å²) in [6.07, 6.45) is 0. The molecule has 2 aliphatic rings. The average Bonchev–Trinajstić information content (AvgIpc) is 2.99. The van der Waals surface area contributed by atoms with Gasteiger partial charge in [0.05, 0.1) is 23.6 Å². The van der Waals surface area contributed by atoms with Crippen LogP contribution in [0.1, 0.15) is 22.3 Å². The molecule has 0 bridgehead atoms. The number of sulfone groups is 1. The van der Waals surface area contributed by atoms with Gasteiger partial charge >= 0.3 is 6.03 Å². The molecule has 2 saturated heterocycles. The highest BCUT2D eigenvalue weighted by molar-refractivity contribution is 7.91. The van der Waals surface area contributed by atoms with Crippen molar-refractivity contribution < 1.29 is 13.2 Å². The van der Waals surface area contributed by atoms with Gasteiger partial charge in [-0.25, -0.2) is 13.2 Å². The van der Waals surface area contributed by atoms with E-state index in [0.29, 0.717) is 6.54 Å². The zero-order chi connectivity index (χ0) is 19.3. The Morgan fingerprint density at radius 1 is 0.963 bits per heavy atom. The third-order valence-electron chi connectivity index (χ3n) is 5.56. The predicted molar refractivity (Wildman–Crippen MR) is 107 cm³/mol. The van der Waals surface area contributed by atoms with Crippen LogP contribution >= 0.6 is 0 Å². The van der Waals surface area contributed by atoms with Crippen LogP contribution in [0.3, 0.4) is 0 Å². The molecule has 4 rings (SSSR count). The minimum Gasteiger partial charge on any atom is -0.314 e. The van der Waals surface area contributed by atoms with Crippen molar-refractivity contribution in [3.05, 3.63) is 64.7 Å². The second-order valence-corrected chi connectivity index (χ2v) is 9.92. The van der Waals surface area contributed by atoms with Gasteiger partial charge in [0.2, 0.25) is 0 Å². The lowest BCUT2D eigenvalue weighted by Crippen LogP contribution is -2.37. The van der Waals surface area contributed by atoms with E-state index in [0.717, 1.165) is 27.9 Å². The number of hydrogen-bond acceptors (Lipinski definition) is 3. The predicted octanol–water partition coefficient (Wildman–Crippen LogP) is 3.22. The van der Waals surface area contributed by atoms with E-state index in [1.165, 1.54) is 0 Å². The minimum absolute atomic E-state index is 0.0284. The summed E-state index contributed by atoms with van der Waals surface area (Å²) in [6, 6.07) is 13.2. The lowest BCUT2D eigenvalue weighted by atomic mass is 10.1. The summed E-state index contributed by atoms with van der Waals surface area (Å²) in [5.74, 6) is 0.0667. The van der Waals surface area contributed by atoms with Gasteiger partial charge < -0.3 is 4.90 Å². The van der Waals surface area contributed by atoms with Crippen molar-refractivity contribution in [3.63, 3.8) is 0 Å². The number of carbonyl (C=O) groups is 1. The highest BCUT2D eigenvalue weighted by Gasteiger charge is 2.53. The van der Waals surface area contributed by atoms with E-state index in [9.17, 15) is 13.2 Å². The first-order valence-corrected chi connectivity index (χ1v) is 11.0. The smallest absolute Gasteiger partial charge is 0.314 e. The topological polar surface area (TPSA) is 57.7 Å². The molecule has 0 spiro atoms. The van der Waals surface area contributed by atoms with Crippen molar-refractivity contribution in [2.45, 2.75) is 39.4 Å². The van der Waals surface area contributed by atoms with E-state index in [4.69, 9.17) is 0 Å². The fraction of sp³-hybridized carbons (Fsp3) is 0.381. The second kappa shape index (κ2) is 6.37. The van der Waals surface area contributed by atoms with Crippen molar-refractivity contribution >= 4 is 21.6 Å². The summed E-state index contributed by atoms with van der Waals surface area (Å²) < 4.78 is 24.7. The van der Waals surface area contributed by atoms with Crippen molar-refractivity contribution in [1.82, 2.24) is 4.90 Å². The van der Waals surface area contributed by atoms with Crippen LogP contribution in [0.15, 0.2) is 42.5 Å². The van der Waals surface area contributed by atoms with E-state index in [-0.39, 0.29) is 29.6 Å². The quantitative estimate of drug-likeness (QED) is 0.764. The van der Waals surface area contributed by atoms with Gasteiger partial charge in [0.1, 0.15) is 0 Å². The Bertz CT molecular complexity index is 996. The largest absolute Gasteiger partial charge is 0.325 e. The van der Waals surface area contributed by atoms with E-state index in [1.807, 2.05) is 57.2 Å². The van der Waals surface area contributed by atoms with Gasteiger partial charge in [0.15, 0.2) is 9.84 Å². The third kappa shape index (κ3) is 3.23. The van der Waals surface area contributed by atoms with Gasteiger partial charge in [-0.1, -0.05) is 30.3 Å². The van der Waals surface area contributed by atoms with Crippen molar-refractivity contribution in [3.8, 4) is 0 Å². The molecule has 2 atom stereocenters. The molecule has 5 nitrogen and oxygen atoms in total. The fourth-order valence-corrected chi connectivity index (χ4v) is 6.27. The molecule has 2 heterocycles. The summed E-state index contributed by atoms with van der Waals surface area (Å²) in [5.41, 5.74) is 5.07. The van der Waals surface area contributed by atoms with Crippen LogP contribution in [0, 0.1) is 20.8 Å². The molecule has 2 aromatic rings. The second-order valence-electron chi connectivity index (χ2n) is 7.76. The number of carbonyl (C=O) groups excluding carboxylic acids is 1. The molecule has 0 N–H and O–H groups in total. The Kier molecular flexibility index (Phi) is 4.26. The lowest BCUT2D eigenvalue weighted by Gasteiger charge is -2.24. The molecule has 0 unspecified atom stereocenters. The van der Waals surface area contributed by atoms with Gasteiger partial charge in [-0.15, -0.1) is 0 Å². The third-order valence-corrected chi connectivity index (χ3v) is 7.26. The normalized spacial score (nSPS) is 23.7. The zero-order valence-electron chi connectivity index (χ0n) is 15.8. The molecule has 2 aliphatic heterocycles. The van der Waals surface area contributed by atoms with Crippen LogP contribution in [-0.2, 0) is 16.4 Å². The SMILES string of the molecule is Cc1cc(C)cc(N2C(=O)N(Cc3ccccc3C)[C@@H]3CS(=O)(=O)C[C@H]32)c1. The number of fused-ring (bicyclic) bond motifs is 1. The summed E-state index contributed by atoms with van der Waals surface area (Å²) in [5, 5.41) is 0. The molecular formula is C21H24N2O3S. The maximum Gasteiger partial charge on any atom is 0.325 e. The number of urea groups is 1. The highest BCUT2D eigenvalue weighted by Crippen LogP contribution is 2.36. The first-order valence-electron chi connectivity index (χ1n) is 9.18. The Hall–Kier alpha value is -2.34. The molecule has 2 fully saturated rings. The van der Waals surface area contributed by atoms with E-state index < -0.39 is 9.84 Å². The number of aryl methyl sites for hydroxylation is 3. The summed E-state index contributed by atoms with van der Waals surface area (Å²) in [4.78, 5) is 16.8. The van der Waals surface area contributed by atoms with Crippen LogP contribution in [0.25, 0.3) is 0 Å². The van der Waals surface area contributed by atoms with E-state index in [1.54, 1.807) is 9.80 Å². The van der Waals surface area contributed by atoms with E-state index in [2.05, 4.69) is 6.07 Å². The van der Waals surface area contributed by atoms with Gasteiger partial charge in [-0.05, 0) is 55.2 Å². The molecule has 0 aromatic heterocycles. The molecule has 6 heteroatoms. The first kappa shape index (κ1) is 18.0. The summed E-state index contributed by atoms with van der Waals surface area (Å²) >= 11 is 0. The Morgan fingerprint density at radius 2 is 1.59 bits per heavy atom. The lowest BCUT2D eigenvalue weighted by molar-refractivity contribution is 0.205. The maximum atomic E-state index is 13.3. The Morgan fingerprint density at radius 3 is 2.26 bits per heavy atom. The molecule has 2 amide bonds. The number of rotatable bonds is 3. The van der Waals surface area contributed by atoms with Crippen LogP contribution in [0.4, 0.5) is 10.5 Å². The van der Waals surface area contributed by atoms with Gasteiger partial charge in [0.25, 0.3) is 0 Å². The summed E-state index contributed by atoms with van der Waals surface area (Å²) in [6.45, 7) is 6.43. The minimum atomic E-state index is -3.16. The van der Waals surface area contributed by atoms with Gasteiger partial charge in [0, 0.05) is 12.2 Å². The van der Waals surface area contributed by atoms with Gasteiger partial charge in [-0.2, -0.15) is 0 Å². The molecule has 27 heavy (non-hydrogen) atoms. The van der Waals surface area contributed by atoms with Crippen molar-refractivity contribution in [2.24, 2.45) is 0 Å². The van der Waals surface area contributed by atoms with Crippen LogP contribution in [0.2, 0.25) is 0 Å². The molecule has 0 aliphatic carbocycles. The summed E-state index contributed by atoms with van der Waals surface area (Å²) in [7, 11) is -3.16. The molecule has 2 aromatic carbocycles. The monoisotopic (exact) mass is 384 g/mol. The van der Waals surface area contributed by atoms with Crippen molar-refractivity contribution in [1.29, 1.82) is 0 Å². The molecular weight excluding hydrogens is 360 g/mol. The highest BCUT2D eigenvalue weighted by atomic mass is 32.2. The van der Waals surface area contributed by atoms with Crippen molar-refractivity contribution in [2.75, 3.05) is 16.4 Å². The number of benzene rings is 2. The maximum absolute atomic E-state index is 13.3. The van der Waals surface area contributed by atoms with Gasteiger partial charge in [-0.3, -0.25) is 4.90 Å². The van der Waals surface area contributed by atoms with Crippen LogP contribution < -0.4 is 4.90 Å². The molecule has 0 radical (unpaired) electrons. The number of amides is 2. The number of hydrogen-bond donors (Lipinski definition) is 0. The zero-order valence-corrected chi connectivity index (χ0v) is 16.7. The average molecular weight is 385 g/mol. The fourth-order valence-electron chi connectivity index (χ4n) is 4.32. The molecule has 0 saturated carbocycles. The molecule has 142 valence electrons. The van der Waals surface area contributed by atoms with E-state index >= 15 is 0 Å². The van der Waals surface area contributed by atoms with Crippen LogP contribution in [0.5, 0.6) is 0 Å².